The van der Waals surface area contributed by atoms with Crippen molar-refractivity contribution in [1.29, 1.82) is 0 Å². The van der Waals surface area contributed by atoms with E-state index >= 15 is 0 Å². The number of anilines is 2. The van der Waals surface area contributed by atoms with Gasteiger partial charge < -0.3 is 15.5 Å². The standard InChI is InChI=1S/C21H18N2O6S/c1-13(24)22-16-6-2-4-14(10-16)15-5-3-7-18(11-15)30(28,29)23-17-8-9-19(21(26)27)20(25)12-17/h2-12,23,25H,1H3,(H,22,24)(H,26,27). The SMILES string of the molecule is CC(=O)Nc1cccc(-c2cccc(S(=O)(=O)Nc3ccc(C(=O)O)c(O)c3)c2)c1. The van der Waals surface area contributed by atoms with Gasteiger partial charge in [-0.3, -0.25) is 9.52 Å². The summed E-state index contributed by atoms with van der Waals surface area (Å²) in [5, 5.41) is 21.4. The summed E-state index contributed by atoms with van der Waals surface area (Å²) in [5.41, 5.74) is 1.60. The fourth-order valence-corrected chi connectivity index (χ4v) is 3.91. The average molecular weight is 426 g/mol. The molecule has 154 valence electrons. The van der Waals surface area contributed by atoms with Gasteiger partial charge in [0.05, 0.1) is 10.6 Å². The molecule has 4 N–H and O–H groups in total. The quantitative estimate of drug-likeness (QED) is 0.477. The van der Waals surface area contributed by atoms with Crippen LogP contribution >= 0.6 is 0 Å². The molecule has 3 aromatic rings. The monoisotopic (exact) mass is 426 g/mol. The number of hydrogen-bond donors (Lipinski definition) is 4. The summed E-state index contributed by atoms with van der Waals surface area (Å²) in [6.07, 6.45) is 0. The summed E-state index contributed by atoms with van der Waals surface area (Å²) in [6, 6.07) is 16.6. The fraction of sp³-hybridized carbons (Fsp3) is 0.0476. The maximum absolute atomic E-state index is 12.8. The summed E-state index contributed by atoms with van der Waals surface area (Å²) in [5.74, 6) is -2.09. The van der Waals surface area contributed by atoms with Crippen LogP contribution in [0.25, 0.3) is 11.1 Å². The summed E-state index contributed by atoms with van der Waals surface area (Å²) >= 11 is 0. The van der Waals surface area contributed by atoms with Gasteiger partial charge in [-0.2, -0.15) is 0 Å². The van der Waals surface area contributed by atoms with E-state index in [-0.39, 0.29) is 22.1 Å². The first-order chi connectivity index (χ1) is 14.2. The van der Waals surface area contributed by atoms with Crippen LogP contribution in [-0.2, 0) is 14.8 Å². The summed E-state index contributed by atoms with van der Waals surface area (Å²) in [6.45, 7) is 1.40. The van der Waals surface area contributed by atoms with Crippen LogP contribution in [0, 0.1) is 0 Å². The van der Waals surface area contributed by atoms with Crippen molar-refractivity contribution >= 4 is 33.3 Å². The summed E-state index contributed by atoms with van der Waals surface area (Å²) < 4.78 is 27.8. The molecule has 0 fully saturated rings. The fourth-order valence-electron chi connectivity index (χ4n) is 2.81. The number of sulfonamides is 1. The highest BCUT2D eigenvalue weighted by Gasteiger charge is 2.17. The molecule has 0 aliphatic carbocycles. The molecule has 0 aliphatic rings. The molecule has 9 heteroatoms. The molecule has 0 radical (unpaired) electrons. The highest BCUT2D eigenvalue weighted by atomic mass is 32.2. The van der Waals surface area contributed by atoms with E-state index in [1.807, 2.05) is 0 Å². The normalized spacial score (nSPS) is 11.0. The lowest BCUT2D eigenvalue weighted by Gasteiger charge is -2.11. The minimum atomic E-state index is -4.00. The van der Waals surface area contributed by atoms with Gasteiger partial charge in [-0.15, -0.1) is 0 Å². The van der Waals surface area contributed by atoms with Crippen molar-refractivity contribution in [2.75, 3.05) is 10.0 Å². The zero-order chi connectivity index (χ0) is 21.9. The topological polar surface area (TPSA) is 133 Å². The van der Waals surface area contributed by atoms with Crippen molar-refractivity contribution in [2.24, 2.45) is 0 Å². The van der Waals surface area contributed by atoms with Gasteiger partial charge in [0, 0.05) is 18.7 Å². The number of amides is 1. The number of benzene rings is 3. The van der Waals surface area contributed by atoms with Crippen LogP contribution in [-0.4, -0.2) is 30.5 Å². The molecule has 0 spiro atoms. The first-order valence-electron chi connectivity index (χ1n) is 8.73. The number of hydrogen-bond acceptors (Lipinski definition) is 5. The Bertz CT molecular complexity index is 1240. The molecule has 0 atom stereocenters. The molecule has 0 unspecified atom stereocenters. The van der Waals surface area contributed by atoms with E-state index in [2.05, 4.69) is 10.0 Å². The Morgan fingerprint density at radius 1 is 0.867 bits per heavy atom. The molecular formula is C21H18N2O6S. The van der Waals surface area contributed by atoms with Crippen molar-refractivity contribution in [2.45, 2.75) is 11.8 Å². The lowest BCUT2D eigenvalue weighted by Crippen LogP contribution is -2.13. The third-order valence-electron chi connectivity index (χ3n) is 4.14. The summed E-state index contributed by atoms with van der Waals surface area (Å²) in [7, 11) is -4.00. The molecule has 0 saturated heterocycles. The van der Waals surface area contributed by atoms with E-state index in [1.165, 1.54) is 25.1 Å². The number of carboxylic acid groups (broad SMARTS) is 1. The number of nitrogens with one attached hydrogen (secondary N) is 2. The summed E-state index contributed by atoms with van der Waals surface area (Å²) in [4.78, 5) is 22.2. The van der Waals surface area contributed by atoms with Crippen LogP contribution in [0.15, 0.2) is 71.6 Å². The lowest BCUT2D eigenvalue weighted by molar-refractivity contribution is -0.114. The van der Waals surface area contributed by atoms with Gasteiger partial charge in [-0.05, 0) is 47.5 Å². The molecular weight excluding hydrogens is 408 g/mol. The van der Waals surface area contributed by atoms with Gasteiger partial charge in [-0.1, -0.05) is 24.3 Å². The minimum Gasteiger partial charge on any atom is -0.507 e. The van der Waals surface area contributed by atoms with E-state index in [4.69, 9.17) is 5.11 Å². The molecule has 0 bridgehead atoms. The minimum absolute atomic E-state index is 0.0215. The van der Waals surface area contributed by atoms with E-state index in [0.717, 1.165) is 12.1 Å². The van der Waals surface area contributed by atoms with Crippen molar-refractivity contribution in [3.63, 3.8) is 0 Å². The van der Waals surface area contributed by atoms with Crippen LogP contribution < -0.4 is 10.0 Å². The maximum atomic E-state index is 12.8. The Kier molecular flexibility index (Phi) is 5.74. The molecule has 30 heavy (non-hydrogen) atoms. The van der Waals surface area contributed by atoms with E-state index in [9.17, 15) is 23.1 Å². The maximum Gasteiger partial charge on any atom is 0.339 e. The predicted molar refractivity (Wildman–Crippen MR) is 112 cm³/mol. The highest BCUT2D eigenvalue weighted by molar-refractivity contribution is 7.92. The van der Waals surface area contributed by atoms with E-state index < -0.39 is 21.7 Å². The molecule has 0 aliphatic heterocycles. The van der Waals surface area contributed by atoms with E-state index in [0.29, 0.717) is 16.8 Å². The number of rotatable bonds is 6. The Morgan fingerprint density at radius 3 is 2.17 bits per heavy atom. The van der Waals surface area contributed by atoms with Crippen LogP contribution in [0.1, 0.15) is 17.3 Å². The second-order valence-corrected chi connectivity index (χ2v) is 8.11. The van der Waals surface area contributed by atoms with Gasteiger partial charge in [0.2, 0.25) is 5.91 Å². The second kappa shape index (κ2) is 8.26. The third-order valence-corrected chi connectivity index (χ3v) is 5.52. The molecule has 3 aromatic carbocycles. The Balaban J connectivity index is 1.90. The number of carbonyl (C=O) groups is 2. The molecule has 3 rings (SSSR count). The van der Waals surface area contributed by atoms with Gasteiger partial charge in [0.25, 0.3) is 10.0 Å². The van der Waals surface area contributed by atoms with Crippen molar-refractivity contribution in [1.82, 2.24) is 0 Å². The third kappa shape index (κ3) is 4.76. The number of carboxylic acids is 1. The van der Waals surface area contributed by atoms with Gasteiger partial charge in [-0.25, -0.2) is 13.2 Å². The van der Waals surface area contributed by atoms with Gasteiger partial charge >= 0.3 is 5.97 Å². The van der Waals surface area contributed by atoms with Crippen molar-refractivity contribution < 1.29 is 28.2 Å². The Morgan fingerprint density at radius 2 is 1.53 bits per heavy atom. The number of phenols is 1. The number of aromatic hydroxyl groups is 1. The van der Waals surface area contributed by atoms with Gasteiger partial charge in [0.15, 0.2) is 0 Å². The zero-order valence-electron chi connectivity index (χ0n) is 15.8. The molecule has 0 aromatic heterocycles. The molecule has 1 amide bonds. The number of carbonyl (C=O) groups excluding carboxylic acids is 1. The van der Waals surface area contributed by atoms with Gasteiger partial charge in [0.1, 0.15) is 11.3 Å². The number of aromatic carboxylic acids is 1. The van der Waals surface area contributed by atoms with Crippen LogP contribution in [0.4, 0.5) is 11.4 Å². The lowest BCUT2D eigenvalue weighted by atomic mass is 10.1. The molecule has 0 heterocycles. The zero-order valence-corrected chi connectivity index (χ0v) is 16.6. The van der Waals surface area contributed by atoms with Crippen molar-refractivity contribution in [3.05, 3.63) is 72.3 Å². The highest BCUT2D eigenvalue weighted by Crippen LogP contribution is 2.27. The van der Waals surface area contributed by atoms with Crippen LogP contribution in [0.3, 0.4) is 0 Å². The predicted octanol–water partition coefficient (Wildman–Crippen LogP) is 3.52. The van der Waals surface area contributed by atoms with Crippen molar-refractivity contribution in [3.8, 4) is 16.9 Å². The van der Waals surface area contributed by atoms with E-state index in [1.54, 1.807) is 36.4 Å². The van der Waals surface area contributed by atoms with Crippen LogP contribution in [0.2, 0.25) is 0 Å². The first-order valence-corrected chi connectivity index (χ1v) is 10.2. The Labute approximate surface area is 172 Å². The Hall–Kier alpha value is -3.85. The molecule has 8 nitrogen and oxygen atoms in total. The van der Waals surface area contributed by atoms with Crippen LogP contribution in [0.5, 0.6) is 5.75 Å². The first kappa shape index (κ1) is 20.9. The average Bonchev–Trinajstić information content (AvgIpc) is 2.67. The second-order valence-electron chi connectivity index (χ2n) is 6.43. The molecule has 0 saturated carbocycles. The largest absolute Gasteiger partial charge is 0.507 e. The smallest absolute Gasteiger partial charge is 0.339 e.